The lowest BCUT2D eigenvalue weighted by molar-refractivity contribution is -0.115. The smallest absolute Gasteiger partial charge is 0.228 e. The number of anilines is 1. The van der Waals surface area contributed by atoms with Crippen LogP contribution < -0.4 is 5.32 Å². The molecule has 86 valence electrons. The number of hydrogen-bond acceptors (Lipinski definition) is 1. The van der Waals surface area contributed by atoms with Crippen molar-refractivity contribution >= 4 is 11.6 Å². The first-order chi connectivity index (χ1) is 7.30. The molecule has 0 spiro atoms. The minimum Gasteiger partial charge on any atom is -0.326 e. The summed E-state index contributed by atoms with van der Waals surface area (Å²) in [5, 5.41) is 2.92. The van der Waals surface area contributed by atoms with Crippen LogP contribution in [0.5, 0.6) is 0 Å². The first-order valence-corrected chi connectivity index (χ1v) is 5.74. The number of benzene rings is 1. The van der Waals surface area contributed by atoms with Gasteiger partial charge in [0.15, 0.2) is 0 Å². The Kier molecular flexibility index (Phi) is 2.33. The number of fused-ring (bicyclic) bond motifs is 1. The van der Waals surface area contributed by atoms with E-state index in [0.29, 0.717) is 6.42 Å². The minimum atomic E-state index is 0.114. The van der Waals surface area contributed by atoms with Crippen molar-refractivity contribution in [1.29, 1.82) is 0 Å². The van der Waals surface area contributed by atoms with Crippen LogP contribution >= 0.6 is 0 Å². The van der Waals surface area contributed by atoms with Gasteiger partial charge in [0.1, 0.15) is 0 Å². The van der Waals surface area contributed by atoms with E-state index >= 15 is 0 Å². The van der Waals surface area contributed by atoms with E-state index < -0.39 is 0 Å². The Morgan fingerprint density at radius 1 is 1.25 bits per heavy atom. The molecule has 2 rings (SSSR count). The van der Waals surface area contributed by atoms with Crippen LogP contribution in [0.1, 0.15) is 43.0 Å². The van der Waals surface area contributed by atoms with Crippen molar-refractivity contribution in [2.45, 2.75) is 46.5 Å². The molecule has 0 unspecified atom stereocenters. The van der Waals surface area contributed by atoms with E-state index in [2.05, 4.69) is 46.0 Å². The number of hydrogen-bond donors (Lipinski definition) is 1. The van der Waals surface area contributed by atoms with Gasteiger partial charge in [-0.3, -0.25) is 4.79 Å². The number of carbonyl (C=O) groups excluding carboxylic acids is 1. The first kappa shape index (κ1) is 11.2. The largest absolute Gasteiger partial charge is 0.326 e. The maximum Gasteiger partial charge on any atom is 0.228 e. The molecule has 0 fully saturated rings. The Bertz CT molecular complexity index is 467. The monoisotopic (exact) mass is 217 g/mol. The number of carbonyl (C=O) groups is 1. The molecule has 0 saturated heterocycles. The summed E-state index contributed by atoms with van der Waals surface area (Å²) in [5.74, 6) is 0.114. The van der Waals surface area contributed by atoms with Gasteiger partial charge in [-0.25, -0.2) is 0 Å². The normalized spacial score (nSPS) is 14.9. The van der Waals surface area contributed by atoms with Crippen LogP contribution in [0.25, 0.3) is 0 Å². The molecule has 1 N–H and O–H groups in total. The van der Waals surface area contributed by atoms with Gasteiger partial charge in [-0.2, -0.15) is 0 Å². The SMILES string of the molecule is Cc1cc2c(c(C)c1C(C)(C)C)CC(=O)N2. The first-order valence-electron chi connectivity index (χ1n) is 5.74. The Hall–Kier alpha value is -1.31. The predicted octanol–water partition coefficient (Wildman–Crippen LogP) is 3.10. The van der Waals surface area contributed by atoms with Crippen LogP contribution in [-0.2, 0) is 16.6 Å². The maximum atomic E-state index is 11.4. The van der Waals surface area contributed by atoms with Crippen molar-refractivity contribution in [2.75, 3.05) is 5.32 Å². The molecule has 16 heavy (non-hydrogen) atoms. The van der Waals surface area contributed by atoms with Crippen molar-refractivity contribution in [2.24, 2.45) is 0 Å². The van der Waals surface area contributed by atoms with Crippen molar-refractivity contribution in [1.82, 2.24) is 0 Å². The molecule has 0 atom stereocenters. The number of nitrogens with one attached hydrogen (secondary N) is 1. The standard InChI is InChI=1S/C14H19NO/c1-8-6-11-10(7-12(16)15-11)9(2)13(8)14(3,4)5/h6H,7H2,1-5H3,(H,15,16). The molecule has 1 aromatic carbocycles. The molecule has 0 aliphatic carbocycles. The van der Waals surface area contributed by atoms with Gasteiger partial charge in [-0.15, -0.1) is 0 Å². The Morgan fingerprint density at radius 2 is 1.88 bits per heavy atom. The molecule has 0 radical (unpaired) electrons. The molecule has 1 heterocycles. The van der Waals surface area contributed by atoms with Gasteiger partial charge in [0, 0.05) is 5.69 Å². The molecule has 1 aliphatic heterocycles. The van der Waals surface area contributed by atoms with Gasteiger partial charge in [0.25, 0.3) is 0 Å². The van der Waals surface area contributed by atoms with Crippen LogP contribution in [0.4, 0.5) is 5.69 Å². The average molecular weight is 217 g/mol. The van der Waals surface area contributed by atoms with E-state index in [1.807, 2.05) is 0 Å². The second-order valence-corrected chi connectivity index (χ2v) is 5.69. The van der Waals surface area contributed by atoms with Gasteiger partial charge >= 0.3 is 0 Å². The van der Waals surface area contributed by atoms with Crippen LogP contribution in [0.2, 0.25) is 0 Å². The zero-order valence-corrected chi connectivity index (χ0v) is 10.7. The van der Waals surface area contributed by atoms with E-state index in [1.54, 1.807) is 0 Å². The van der Waals surface area contributed by atoms with Crippen LogP contribution in [0, 0.1) is 13.8 Å². The van der Waals surface area contributed by atoms with Crippen molar-refractivity contribution in [3.05, 3.63) is 28.3 Å². The highest BCUT2D eigenvalue weighted by molar-refractivity contribution is 6.00. The summed E-state index contributed by atoms with van der Waals surface area (Å²) in [6.07, 6.45) is 0.532. The van der Waals surface area contributed by atoms with Gasteiger partial charge in [0.2, 0.25) is 5.91 Å². The highest BCUT2D eigenvalue weighted by Crippen LogP contribution is 2.36. The molecule has 0 bridgehead atoms. The van der Waals surface area contributed by atoms with Crippen molar-refractivity contribution < 1.29 is 4.79 Å². The number of amides is 1. The van der Waals surface area contributed by atoms with E-state index in [1.165, 1.54) is 22.3 Å². The molecule has 0 saturated carbocycles. The average Bonchev–Trinajstić information content (AvgIpc) is 2.43. The lowest BCUT2D eigenvalue weighted by Gasteiger charge is -2.26. The summed E-state index contributed by atoms with van der Waals surface area (Å²) in [6, 6.07) is 2.10. The zero-order valence-electron chi connectivity index (χ0n) is 10.7. The van der Waals surface area contributed by atoms with Gasteiger partial charge < -0.3 is 5.32 Å². The van der Waals surface area contributed by atoms with E-state index in [9.17, 15) is 4.79 Å². The Morgan fingerprint density at radius 3 is 2.44 bits per heavy atom. The topological polar surface area (TPSA) is 29.1 Å². The van der Waals surface area contributed by atoms with E-state index in [4.69, 9.17) is 0 Å². The number of rotatable bonds is 0. The molecular formula is C14H19NO. The van der Waals surface area contributed by atoms with Gasteiger partial charge in [0.05, 0.1) is 6.42 Å². The molecular weight excluding hydrogens is 198 g/mol. The van der Waals surface area contributed by atoms with Gasteiger partial charge in [-0.05, 0) is 47.6 Å². The third-order valence-corrected chi connectivity index (χ3v) is 3.27. The highest BCUT2D eigenvalue weighted by atomic mass is 16.1. The van der Waals surface area contributed by atoms with E-state index in [-0.39, 0.29) is 11.3 Å². The van der Waals surface area contributed by atoms with Crippen LogP contribution in [0.15, 0.2) is 6.07 Å². The molecule has 2 nitrogen and oxygen atoms in total. The summed E-state index contributed by atoms with van der Waals surface area (Å²) >= 11 is 0. The summed E-state index contributed by atoms with van der Waals surface area (Å²) in [7, 11) is 0. The summed E-state index contributed by atoms with van der Waals surface area (Å²) in [5.41, 5.74) is 6.25. The second kappa shape index (κ2) is 3.34. The lowest BCUT2D eigenvalue weighted by Crippen LogP contribution is -2.16. The van der Waals surface area contributed by atoms with Crippen molar-refractivity contribution in [3.8, 4) is 0 Å². The van der Waals surface area contributed by atoms with Crippen LogP contribution in [0.3, 0.4) is 0 Å². The lowest BCUT2D eigenvalue weighted by atomic mass is 9.79. The van der Waals surface area contributed by atoms with Crippen molar-refractivity contribution in [3.63, 3.8) is 0 Å². The quantitative estimate of drug-likeness (QED) is 0.711. The fourth-order valence-electron chi connectivity index (χ4n) is 2.87. The predicted molar refractivity (Wildman–Crippen MR) is 66.9 cm³/mol. The fourth-order valence-corrected chi connectivity index (χ4v) is 2.87. The molecule has 1 aromatic rings. The fraction of sp³-hybridized carbons (Fsp3) is 0.500. The number of aryl methyl sites for hydroxylation is 1. The van der Waals surface area contributed by atoms with E-state index in [0.717, 1.165) is 5.69 Å². The van der Waals surface area contributed by atoms with Crippen LogP contribution in [-0.4, -0.2) is 5.91 Å². The second-order valence-electron chi connectivity index (χ2n) is 5.69. The van der Waals surface area contributed by atoms with Gasteiger partial charge in [-0.1, -0.05) is 20.8 Å². The zero-order chi connectivity index (χ0) is 12.1. The Balaban J connectivity index is 2.67. The summed E-state index contributed by atoms with van der Waals surface area (Å²) in [4.78, 5) is 11.4. The third-order valence-electron chi connectivity index (χ3n) is 3.27. The minimum absolute atomic E-state index is 0.114. The third kappa shape index (κ3) is 1.62. The summed E-state index contributed by atoms with van der Waals surface area (Å²) in [6.45, 7) is 10.9. The molecule has 1 aliphatic rings. The Labute approximate surface area is 97.1 Å². The molecule has 2 heteroatoms. The molecule has 0 aromatic heterocycles. The highest BCUT2D eigenvalue weighted by Gasteiger charge is 2.26. The molecule has 1 amide bonds. The summed E-state index contributed by atoms with van der Waals surface area (Å²) < 4.78 is 0. The maximum absolute atomic E-state index is 11.4.